The zero-order chi connectivity index (χ0) is 13.0. The fourth-order valence-electron chi connectivity index (χ4n) is 1.67. The Hall–Kier alpha value is -2.14. The number of aromatic nitrogens is 2. The molecule has 0 saturated carbocycles. The molecule has 0 aliphatic heterocycles. The number of rotatable bonds is 4. The molecule has 1 aromatic heterocycles. The highest BCUT2D eigenvalue weighted by atomic mass is 16.5. The maximum Gasteiger partial charge on any atom is 0.251 e. The van der Waals surface area contributed by atoms with Crippen LogP contribution in [0.2, 0.25) is 0 Å². The molecule has 0 spiro atoms. The van der Waals surface area contributed by atoms with Gasteiger partial charge < -0.3 is 15.0 Å². The Balaban J connectivity index is 2.39. The van der Waals surface area contributed by atoms with Gasteiger partial charge in [-0.15, -0.1) is 0 Å². The van der Waals surface area contributed by atoms with Gasteiger partial charge in [0.05, 0.1) is 12.8 Å². The topological polar surface area (TPSA) is 67.0 Å². The highest BCUT2D eigenvalue weighted by molar-refractivity contribution is 5.56. The van der Waals surface area contributed by atoms with Gasteiger partial charge in [0.25, 0.3) is 5.56 Å². The third-order valence-corrected chi connectivity index (χ3v) is 2.52. The molecule has 0 radical (unpaired) electrons. The second-order valence-electron chi connectivity index (χ2n) is 3.84. The Bertz CT molecular complexity index is 576. The number of H-pyrrole nitrogens is 1. The monoisotopic (exact) mass is 245 g/mol. The fourth-order valence-corrected chi connectivity index (χ4v) is 1.67. The zero-order valence-electron chi connectivity index (χ0n) is 10.4. The summed E-state index contributed by atoms with van der Waals surface area (Å²) in [6.45, 7) is 0.563. The summed E-state index contributed by atoms with van der Waals surface area (Å²) in [5, 5.41) is 2.97. The van der Waals surface area contributed by atoms with Gasteiger partial charge in [0.2, 0.25) is 0 Å². The van der Waals surface area contributed by atoms with Crippen molar-refractivity contribution in [2.24, 2.45) is 0 Å². The highest BCUT2D eigenvalue weighted by Gasteiger charge is 2.04. The van der Waals surface area contributed by atoms with Crippen molar-refractivity contribution in [3.63, 3.8) is 0 Å². The molecule has 18 heavy (non-hydrogen) atoms. The van der Waals surface area contributed by atoms with Gasteiger partial charge in [-0.2, -0.15) is 0 Å². The minimum absolute atomic E-state index is 0.152. The summed E-state index contributed by atoms with van der Waals surface area (Å²) >= 11 is 0. The van der Waals surface area contributed by atoms with Crippen LogP contribution in [0.4, 0.5) is 0 Å². The molecule has 5 nitrogen and oxygen atoms in total. The first kappa shape index (κ1) is 12.3. The zero-order valence-corrected chi connectivity index (χ0v) is 10.4. The van der Waals surface area contributed by atoms with Crippen LogP contribution in [0.3, 0.4) is 0 Å². The summed E-state index contributed by atoms with van der Waals surface area (Å²) in [5.41, 5.74) is 1.42. The Morgan fingerprint density at radius 3 is 2.67 bits per heavy atom. The predicted octanol–water partition coefficient (Wildman–Crippen LogP) is 1.16. The van der Waals surface area contributed by atoms with E-state index in [-0.39, 0.29) is 5.56 Å². The molecule has 0 fully saturated rings. The van der Waals surface area contributed by atoms with Crippen LogP contribution in [-0.4, -0.2) is 24.1 Å². The average Bonchev–Trinajstić information content (AvgIpc) is 2.38. The number of hydrogen-bond acceptors (Lipinski definition) is 4. The number of hydrogen-bond donors (Lipinski definition) is 2. The maximum absolute atomic E-state index is 11.5. The second kappa shape index (κ2) is 5.46. The predicted molar refractivity (Wildman–Crippen MR) is 69.6 cm³/mol. The van der Waals surface area contributed by atoms with Gasteiger partial charge >= 0.3 is 0 Å². The number of methoxy groups -OCH3 is 1. The van der Waals surface area contributed by atoms with E-state index in [4.69, 9.17) is 4.74 Å². The van der Waals surface area contributed by atoms with Crippen molar-refractivity contribution in [1.29, 1.82) is 0 Å². The van der Waals surface area contributed by atoms with E-state index in [9.17, 15) is 4.79 Å². The first-order chi connectivity index (χ1) is 8.72. The van der Waals surface area contributed by atoms with Crippen LogP contribution in [-0.2, 0) is 6.54 Å². The Labute approximate surface area is 105 Å². The Morgan fingerprint density at radius 1 is 1.33 bits per heavy atom. The molecule has 1 heterocycles. The summed E-state index contributed by atoms with van der Waals surface area (Å²) in [4.78, 5) is 18.6. The minimum atomic E-state index is -0.152. The van der Waals surface area contributed by atoms with Gasteiger partial charge in [-0.05, 0) is 31.3 Å². The van der Waals surface area contributed by atoms with Gasteiger partial charge in [-0.3, -0.25) is 4.79 Å². The number of nitrogens with zero attached hydrogens (tertiary/aromatic N) is 1. The quantitative estimate of drug-likeness (QED) is 0.848. The van der Waals surface area contributed by atoms with Crippen LogP contribution in [0.25, 0.3) is 11.4 Å². The first-order valence-corrected chi connectivity index (χ1v) is 5.62. The molecule has 2 rings (SSSR count). The molecule has 94 valence electrons. The normalized spacial score (nSPS) is 10.3. The second-order valence-corrected chi connectivity index (χ2v) is 3.84. The van der Waals surface area contributed by atoms with Crippen molar-refractivity contribution in [1.82, 2.24) is 15.3 Å². The molecule has 0 unspecified atom stereocenters. The largest absolute Gasteiger partial charge is 0.497 e. The number of aromatic amines is 1. The average molecular weight is 245 g/mol. The standard InChI is InChI=1S/C13H15N3O2/c1-14-8-10-7-12(17)16-13(15-10)9-3-5-11(18-2)6-4-9/h3-7,14H,8H2,1-2H3,(H,15,16,17). The Morgan fingerprint density at radius 2 is 2.06 bits per heavy atom. The van der Waals surface area contributed by atoms with Crippen LogP contribution in [0.15, 0.2) is 35.1 Å². The molecule has 0 saturated heterocycles. The van der Waals surface area contributed by atoms with E-state index in [0.717, 1.165) is 11.3 Å². The van der Waals surface area contributed by atoms with E-state index >= 15 is 0 Å². The maximum atomic E-state index is 11.5. The van der Waals surface area contributed by atoms with Gasteiger partial charge in [0.1, 0.15) is 11.6 Å². The van der Waals surface area contributed by atoms with E-state index in [1.54, 1.807) is 7.11 Å². The van der Waals surface area contributed by atoms with Gasteiger partial charge in [0.15, 0.2) is 0 Å². The van der Waals surface area contributed by atoms with Crippen molar-refractivity contribution < 1.29 is 4.74 Å². The summed E-state index contributed by atoms with van der Waals surface area (Å²) in [6.07, 6.45) is 0. The SMILES string of the molecule is CNCc1cc(=O)[nH]c(-c2ccc(OC)cc2)n1. The number of ether oxygens (including phenoxy) is 1. The van der Waals surface area contributed by atoms with E-state index in [0.29, 0.717) is 18.1 Å². The van der Waals surface area contributed by atoms with Crippen molar-refractivity contribution in [3.8, 4) is 17.1 Å². The van der Waals surface area contributed by atoms with E-state index in [2.05, 4.69) is 15.3 Å². The summed E-state index contributed by atoms with van der Waals surface area (Å²) in [7, 11) is 3.43. The van der Waals surface area contributed by atoms with Crippen LogP contribution < -0.4 is 15.6 Å². The lowest BCUT2D eigenvalue weighted by atomic mass is 10.2. The third-order valence-electron chi connectivity index (χ3n) is 2.52. The van der Waals surface area contributed by atoms with Gasteiger partial charge in [-0.25, -0.2) is 4.98 Å². The molecule has 0 atom stereocenters. The van der Waals surface area contributed by atoms with Crippen molar-refractivity contribution in [3.05, 3.63) is 46.4 Å². The summed E-state index contributed by atoms with van der Waals surface area (Å²) in [6, 6.07) is 8.88. The van der Waals surface area contributed by atoms with Crippen molar-refractivity contribution in [2.75, 3.05) is 14.2 Å². The molecule has 2 N–H and O–H groups in total. The lowest BCUT2D eigenvalue weighted by molar-refractivity contribution is 0.415. The van der Waals surface area contributed by atoms with Crippen LogP contribution >= 0.6 is 0 Å². The lowest BCUT2D eigenvalue weighted by Crippen LogP contribution is -2.14. The minimum Gasteiger partial charge on any atom is -0.497 e. The van der Waals surface area contributed by atoms with Crippen LogP contribution in [0.5, 0.6) is 5.75 Å². The van der Waals surface area contributed by atoms with Crippen molar-refractivity contribution >= 4 is 0 Å². The first-order valence-electron chi connectivity index (χ1n) is 5.62. The summed E-state index contributed by atoms with van der Waals surface area (Å²) in [5.74, 6) is 1.34. The van der Waals surface area contributed by atoms with E-state index in [1.807, 2.05) is 31.3 Å². The molecular weight excluding hydrogens is 230 g/mol. The van der Waals surface area contributed by atoms with Crippen LogP contribution in [0, 0.1) is 0 Å². The molecule has 0 bridgehead atoms. The van der Waals surface area contributed by atoms with E-state index in [1.165, 1.54) is 6.07 Å². The molecule has 0 amide bonds. The van der Waals surface area contributed by atoms with E-state index < -0.39 is 0 Å². The molecule has 0 aliphatic rings. The highest BCUT2D eigenvalue weighted by Crippen LogP contribution is 2.18. The van der Waals surface area contributed by atoms with Crippen molar-refractivity contribution in [2.45, 2.75) is 6.54 Å². The molecule has 0 aliphatic carbocycles. The molecular formula is C13H15N3O2. The fraction of sp³-hybridized carbons (Fsp3) is 0.231. The Kier molecular flexibility index (Phi) is 3.74. The molecule has 2 aromatic rings. The lowest BCUT2D eigenvalue weighted by Gasteiger charge is -2.05. The number of nitrogens with one attached hydrogen (secondary N) is 2. The third kappa shape index (κ3) is 2.75. The van der Waals surface area contributed by atoms with Gasteiger partial charge in [-0.1, -0.05) is 0 Å². The smallest absolute Gasteiger partial charge is 0.251 e. The molecule has 5 heteroatoms. The number of benzene rings is 1. The van der Waals surface area contributed by atoms with Crippen LogP contribution in [0.1, 0.15) is 5.69 Å². The van der Waals surface area contributed by atoms with Gasteiger partial charge in [0, 0.05) is 18.2 Å². The summed E-state index contributed by atoms with van der Waals surface area (Å²) < 4.78 is 5.09. The molecule has 1 aromatic carbocycles.